The molecule has 0 fully saturated rings. The predicted octanol–water partition coefficient (Wildman–Crippen LogP) is 0.873. The number of nitrogens with one attached hydrogen (secondary N) is 2. The van der Waals surface area contributed by atoms with E-state index in [-0.39, 0.29) is 5.71 Å². The minimum Gasteiger partial charge on any atom is -0.284 e. The van der Waals surface area contributed by atoms with Crippen molar-refractivity contribution >= 4 is 27.1 Å². The first-order valence-corrected chi connectivity index (χ1v) is 6.55. The quantitative estimate of drug-likeness (QED) is 0.617. The van der Waals surface area contributed by atoms with Crippen molar-refractivity contribution < 1.29 is 8.42 Å². The second kappa shape index (κ2) is 5.66. The van der Waals surface area contributed by atoms with Gasteiger partial charge in [-0.15, -0.1) is 0 Å². The fourth-order valence-electron chi connectivity index (χ4n) is 1.06. The number of nitriles is 2. The smallest absolute Gasteiger partial charge is 0.237 e. The van der Waals surface area contributed by atoms with Crippen molar-refractivity contribution in [1.82, 2.24) is 0 Å². The summed E-state index contributed by atoms with van der Waals surface area (Å²) in [6.07, 6.45) is 1.04. The zero-order valence-corrected chi connectivity index (χ0v) is 10.2. The van der Waals surface area contributed by atoms with Crippen LogP contribution in [-0.2, 0) is 10.0 Å². The molecule has 0 aliphatic rings. The van der Waals surface area contributed by atoms with Crippen molar-refractivity contribution in [3.05, 3.63) is 24.3 Å². The topological polar surface area (TPSA) is 118 Å². The SMILES string of the molecule is CS(=O)(=O)Nc1cccc(NN=C(C#N)C#N)c1. The number of benzene rings is 1. The van der Waals surface area contributed by atoms with Gasteiger partial charge in [-0.3, -0.25) is 10.1 Å². The maximum atomic E-state index is 11.0. The molecular weight excluding hydrogens is 254 g/mol. The molecule has 8 heteroatoms. The first kappa shape index (κ1) is 13.5. The van der Waals surface area contributed by atoms with Crippen LogP contribution in [-0.4, -0.2) is 20.4 Å². The van der Waals surface area contributed by atoms with E-state index in [1.165, 1.54) is 6.07 Å². The summed E-state index contributed by atoms with van der Waals surface area (Å²) in [6.45, 7) is 0. The van der Waals surface area contributed by atoms with Crippen LogP contribution in [0, 0.1) is 22.7 Å². The van der Waals surface area contributed by atoms with Crippen LogP contribution in [0.3, 0.4) is 0 Å². The molecular formula is C10H9N5O2S. The Balaban J connectivity index is 2.88. The van der Waals surface area contributed by atoms with Crippen molar-refractivity contribution in [2.24, 2.45) is 5.10 Å². The van der Waals surface area contributed by atoms with E-state index in [2.05, 4.69) is 15.2 Å². The molecule has 0 aliphatic carbocycles. The Hall–Kier alpha value is -2.58. The van der Waals surface area contributed by atoms with Gasteiger partial charge in [0.2, 0.25) is 15.7 Å². The molecule has 2 N–H and O–H groups in total. The first-order valence-electron chi connectivity index (χ1n) is 4.66. The van der Waals surface area contributed by atoms with Crippen LogP contribution in [0.5, 0.6) is 0 Å². The molecule has 7 nitrogen and oxygen atoms in total. The van der Waals surface area contributed by atoms with Crippen LogP contribution in [0.25, 0.3) is 0 Å². The molecule has 1 rings (SSSR count). The van der Waals surface area contributed by atoms with Crippen molar-refractivity contribution in [3.8, 4) is 12.1 Å². The molecule has 0 unspecified atom stereocenters. The number of hydrazone groups is 1. The van der Waals surface area contributed by atoms with Gasteiger partial charge in [0, 0.05) is 0 Å². The van der Waals surface area contributed by atoms with E-state index in [0.717, 1.165) is 6.26 Å². The fraction of sp³-hybridized carbons (Fsp3) is 0.100. The highest BCUT2D eigenvalue weighted by atomic mass is 32.2. The van der Waals surface area contributed by atoms with Gasteiger partial charge < -0.3 is 0 Å². The van der Waals surface area contributed by atoms with E-state index in [1.54, 1.807) is 30.3 Å². The number of hydrogen-bond acceptors (Lipinski definition) is 6. The van der Waals surface area contributed by atoms with Gasteiger partial charge in [0.15, 0.2) is 0 Å². The monoisotopic (exact) mass is 263 g/mol. The van der Waals surface area contributed by atoms with E-state index < -0.39 is 10.0 Å². The van der Waals surface area contributed by atoms with Crippen molar-refractivity contribution in [1.29, 1.82) is 10.5 Å². The van der Waals surface area contributed by atoms with E-state index in [1.807, 2.05) is 0 Å². The Morgan fingerprint density at radius 2 is 1.89 bits per heavy atom. The van der Waals surface area contributed by atoms with Crippen LogP contribution in [0.2, 0.25) is 0 Å². The van der Waals surface area contributed by atoms with Gasteiger partial charge in [0.25, 0.3) is 0 Å². The lowest BCUT2D eigenvalue weighted by Gasteiger charge is -2.05. The fourth-order valence-corrected chi connectivity index (χ4v) is 1.62. The lowest BCUT2D eigenvalue weighted by Crippen LogP contribution is -2.09. The van der Waals surface area contributed by atoms with Crippen LogP contribution < -0.4 is 10.1 Å². The average Bonchev–Trinajstić information content (AvgIpc) is 2.28. The molecule has 0 atom stereocenters. The number of rotatable bonds is 4. The van der Waals surface area contributed by atoms with Gasteiger partial charge in [-0.1, -0.05) is 6.07 Å². The Kier molecular flexibility index (Phi) is 4.24. The Bertz CT molecular complexity index is 636. The molecule has 0 saturated heterocycles. The third-order valence-corrected chi connectivity index (χ3v) is 2.28. The summed E-state index contributed by atoms with van der Waals surface area (Å²) < 4.78 is 24.3. The summed E-state index contributed by atoms with van der Waals surface area (Å²) >= 11 is 0. The van der Waals surface area contributed by atoms with Crippen LogP contribution in [0.1, 0.15) is 0 Å². The zero-order valence-electron chi connectivity index (χ0n) is 9.38. The molecule has 0 aromatic heterocycles. The molecule has 0 bridgehead atoms. The van der Waals surface area contributed by atoms with Gasteiger partial charge in [0.1, 0.15) is 12.1 Å². The second-order valence-electron chi connectivity index (χ2n) is 3.25. The lowest BCUT2D eigenvalue weighted by molar-refractivity contribution is 0.607. The van der Waals surface area contributed by atoms with E-state index in [0.29, 0.717) is 11.4 Å². The minimum atomic E-state index is -3.35. The minimum absolute atomic E-state index is 0.323. The molecule has 1 aromatic rings. The average molecular weight is 263 g/mol. The number of sulfonamides is 1. The third-order valence-electron chi connectivity index (χ3n) is 1.67. The van der Waals surface area contributed by atoms with E-state index >= 15 is 0 Å². The molecule has 92 valence electrons. The largest absolute Gasteiger partial charge is 0.284 e. The molecule has 0 aliphatic heterocycles. The zero-order chi connectivity index (χ0) is 13.6. The molecule has 0 radical (unpaired) electrons. The van der Waals surface area contributed by atoms with Crippen LogP contribution in [0.15, 0.2) is 29.4 Å². The van der Waals surface area contributed by atoms with Gasteiger partial charge >= 0.3 is 0 Å². The van der Waals surface area contributed by atoms with Crippen molar-refractivity contribution in [2.45, 2.75) is 0 Å². The Morgan fingerprint density at radius 3 is 2.44 bits per heavy atom. The molecule has 0 amide bonds. The maximum Gasteiger partial charge on any atom is 0.237 e. The summed E-state index contributed by atoms with van der Waals surface area (Å²) in [7, 11) is -3.35. The summed E-state index contributed by atoms with van der Waals surface area (Å²) in [5, 5.41) is 20.5. The molecule has 0 heterocycles. The molecule has 0 saturated carbocycles. The first-order chi connectivity index (χ1) is 8.44. The predicted molar refractivity (Wildman–Crippen MR) is 67.2 cm³/mol. The van der Waals surface area contributed by atoms with E-state index in [9.17, 15) is 8.42 Å². The van der Waals surface area contributed by atoms with Gasteiger partial charge in [-0.05, 0) is 18.2 Å². The molecule has 0 spiro atoms. The van der Waals surface area contributed by atoms with Crippen LogP contribution >= 0.6 is 0 Å². The normalized spacial score (nSPS) is 9.72. The summed E-state index contributed by atoms with van der Waals surface area (Å²) in [5.74, 6) is 0. The number of hydrogen-bond donors (Lipinski definition) is 2. The Labute approximate surface area is 104 Å². The van der Waals surface area contributed by atoms with Gasteiger partial charge in [-0.25, -0.2) is 8.42 Å². The van der Waals surface area contributed by atoms with Crippen molar-refractivity contribution in [3.63, 3.8) is 0 Å². The second-order valence-corrected chi connectivity index (χ2v) is 5.00. The summed E-state index contributed by atoms with van der Waals surface area (Å²) in [5.41, 5.74) is 2.96. The highest BCUT2D eigenvalue weighted by Crippen LogP contribution is 2.15. The highest BCUT2D eigenvalue weighted by Gasteiger charge is 2.02. The maximum absolute atomic E-state index is 11.0. The highest BCUT2D eigenvalue weighted by molar-refractivity contribution is 7.92. The lowest BCUT2D eigenvalue weighted by atomic mass is 10.3. The van der Waals surface area contributed by atoms with Gasteiger partial charge in [0.05, 0.1) is 17.6 Å². The summed E-state index contributed by atoms with van der Waals surface area (Å²) in [4.78, 5) is 0. The number of nitrogens with zero attached hydrogens (tertiary/aromatic N) is 3. The standard InChI is InChI=1S/C10H9N5O2S/c1-18(16,17)15-9-4-2-3-8(5-9)13-14-10(6-11)7-12/h2-5,13,15H,1H3. The molecule has 1 aromatic carbocycles. The summed E-state index contributed by atoms with van der Waals surface area (Å²) in [6, 6.07) is 9.44. The van der Waals surface area contributed by atoms with Crippen molar-refractivity contribution in [2.75, 3.05) is 16.4 Å². The van der Waals surface area contributed by atoms with Crippen LogP contribution in [0.4, 0.5) is 11.4 Å². The van der Waals surface area contributed by atoms with Gasteiger partial charge in [-0.2, -0.15) is 15.6 Å². The molecule has 18 heavy (non-hydrogen) atoms. The van der Waals surface area contributed by atoms with E-state index in [4.69, 9.17) is 10.5 Å². The third kappa shape index (κ3) is 4.51. The number of anilines is 2. The Morgan fingerprint density at radius 1 is 1.28 bits per heavy atom.